The molecule has 0 unspecified atom stereocenters. The summed E-state index contributed by atoms with van der Waals surface area (Å²) in [5, 5.41) is 3.12. The van der Waals surface area contributed by atoms with Gasteiger partial charge in [-0.05, 0) is 35.8 Å². The monoisotopic (exact) mass is 449 g/mol. The molecule has 5 nitrogen and oxygen atoms in total. The molecule has 33 heavy (non-hydrogen) atoms. The Morgan fingerprint density at radius 3 is 1.58 bits per heavy atom. The van der Waals surface area contributed by atoms with Gasteiger partial charge in [0.25, 0.3) is 0 Å². The molecule has 0 atom stereocenters. The molecule has 7 rings (SSSR count). The first-order valence-corrected chi connectivity index (χ1v) is 10.7. The van der Waals surface area contributed by atoms with E-state index < -0.39 is 0 Å². The Kier molecular flexibility index (Phi) is 3.08. The van der Waals surface area contributed by atoms with Crippen LogP contribution in [0.2, 0.25) is 5.28 Å². The first-order chi connectivity index (χ1) is 18.0. The maximum absolute atomic E-state index is 8.69. The molecule has 0 amide bonds. The molecule has 7 aromatic rings. The molecule has 156 valence electrons. The summed E-state index contributed by atoms with van der Waals surface area (Å²) in [7, 11) is 0. The number of fused-ring (bicyclic) bond motifs is 6. The van der Waals surface area contributed by atoms with E-state index in [1.54, 1.807) is 4.57 Å². The van der Waals surface area contributed by atoms with E-state index >= 15 is 0 Å². The van der Waals surface area contributed by atoms with E-state index in [9.17, 15) is 0 Å². The van der Waals surface area contributed by atoms with E-state index in [-0.39, 0.29) is 40.9 Å². The lowest BCUT2D eigenvalue weighted by molar-refractivity contribution is 0.887. The Morgan fingerprint density at radius 2 is 1.00 bits per heavy atom. The number of hydrogen-bond acceptors (Lipinski definition) is 3. The molecule has 0 radical (unpaired) electrons. The standard InChI is InChI=1S/C27H16ClN5/c28-25-29-26(32-21-13-5-1-9-17(21)18-10-2-6-14-22(18)32)31-27(30-25)33-23-15-7-3-11-19(23)20-12-4-8-16-24(20)33/h1-16H/i1D,5D,9D,13D. The summed E-state index contributed by atoms with van der Waals surface area (Å²) in [6, 6.07) is 22.3. The highest BCUT2D eigenvalue weighted by molar-refractivity contribution is 6.28. The Balaban J connectivity index is 1.62. The first kappa shape index (κ1) is 14.8. The molecular formula is C27H16ClN5. The van der Waals surface area contributed by atoms with Crippen LogP contribution >= 0.6 is 11.6 Å². The van der Waals surface area contributed by atoms with Gasteiger partial charge in [0, 0.05) is 21.5 Å². The molecule has 0 saturated carbocycles. The van der Waals surface area contributed by atoms with Crippen molar-refractivity contribution in [3.05, 3.63) is 102 Å². The zero-order valence-electron chi connectivity index (χ0n) is 21.0. The van der Waals surface area contributed by atoms with Crippen molar-refractivity contribution in [3.63, 3.8) is 0 Å². The predicted molar refractivity (Wildman–Crippen MR) is 134 cm³/mol. The first-order valence-electron chi connectivity index (χ1n) is 12.4. The van der Waals surface area contributed by atoms with E-state index in [2.05, 4.69) is 9.97 Å². The van der Waals surface area contributed by atoms with Gasteiger partial charge in [-0.3, -0.25) is 9.13 Å². The third kappa shape index (κ3) is 2.63. The largest absolute Gasteiger partial charge is 0.278 e. The van der Waals surface area contributed by atoms with Crippen molar-refractivity contribution < 1.29 is 5.48 Å². The van der Waals surface area contributed by atoms with Crippen LogP contribution in [0.15, 0.2) is 97.0 Å². The van der Waals surface area contributed by atoms with E-state index in [1.807, 2.05) is 77.4 Å². The predicted octanol–water partition coefficient (Wildman–Crippen LogP) is 6.72. The molecular weight excluding hydrogens is 430 g/mol. The normalized spacial score (nSPS) is 13.5. The van der Waals surface area contributed by atoms with Crippen molar-refractivity contribution in [1.29, 1.82) is 0 Å². The van der Waals surface area contributed by atoms with Gasteiger partial charge in [0.15, 0.2) is 0 Å². The molecule has 0 aliphatic carbocycles. The number of hydrogen-bond donors (Lipinski definition) is 0. The minimum atomic E-state index is -0.329. The molecule has 4 aromatic carbocycles. The van der Waals surface area contributed by atoms with Crippen molar-refractivity contribution in [2.24, 2.45) is 0 Å². The summed E-state index contributed by atoms with van der Waals surface area (Å²) in [6.07, 6.45) is 0. The van der Waals surface area contributed by atoms with Crippen LogP contribution in [0.1, 0.15) is 5.48 Å². The topological polar surface area (TPSA) is 48.5 Å². The van der Waals surface area contributed by atoms with Crippen LogP contribution < -0.4 is 0 Å². The Labute approximate surface area is 199 Å². The lowest BCUT2D eigenvalue weighted by Gasteiger charge is -2.10. The summed E-state index contributed by atoms with van der Waals surface area (Å²) < 4.78 is 37.3. The van der Waals surface area contributed by atoms with Crippen LogP contribution in [0.4, 0.5) is 0 Å². The fourth-order valence-electron chi connectivity index (χ4n) is 4.54. The van der Waals surface area contributed by atoms with Crippen LogP contribution in [-0.2, 0) is 0 Å². The highest BCUT2D eigenvalue weighted by Crippen LogP contribution is 2.33. The van der Waals surface area contributed by atoms with Gasteiger partial charge in [0.05, 0.1) is 27.5 Å². The van der Waals surface area contributed by atoms with Crippen LogP contribution in [0.3, 0.4) is 0 Å². The van der Waals surface area contributed by atoms with Crippen LogP contribution in [0.25, 0.3) is 55.5 Å². The van der Waals surface area contributed by atoms with Gasteiger partial charge in [-0.2, -0.15) is 15.0 Å². The number of benzene rings is 4. The van der Waals surface area contributed by atoms with Crippen LogP contribution in [0, 0.1) is 0 Å². The number of aromatic nitrogens is 5. The molecule has 0 N–H and O–H groups in total. The second-order valence-electron chi connectivity index (χ2n) is 7.65. The summed E-state index contributed by atoms with van der Waals surface area (Å²) in [4.78, 5) is 13.7. The fourth-order valence-corrected chi connectivity index (χ4v) is 4.70. The maximum atomic E-state index is 8.69. The van der Waals surface area contributed by atoms with Gasteiger partial charge in [-0.15, -0.1) is 0 Å². The van der Waals surface area contributed by atoms with Gasteiger partial charge < -0.3 is 0 Å². The van der Waals surface area contributed by atoms with Crippen molar-refractivity contribution in [2.75, 3.05) is 0 Å². The molecule has 0 aliphatic rings. The molecule has 0 fully saturated rings. The quantitative estimate of drug-likeness (QED) is 0.294. The summed E-state index contributed by atoms with van der Waals surface area (Å²) >= 11 is 6.48. The van der Waals surface area contributed by atoms with Gasteiger partial charge >= 0.3 is 0 Å². The smallest absolute Gasteiger partial charge is 0.240 e. The fraction of sp³-hybridized carbons (Fsp3) is 0. The van der Waals surface area contributed by atoms with E-state index in [1.165, 1.54) is 0 Å². The average molecular weight is 450 g/mol. The number of nitrogens with zero attached hydrogens (tertiary/aromatic N) is 5. The second kappa shape index (κ2) is 6.89. The van der Waals surface area contributed by atoms with E-state index in [0.29, 0.717) is 22.2 Å². The SMILES string of the molecule is [2H]c1c([2H])c([2H])c2c(c1[2H])c1ccccc1n2-c1nc(Cl)nc(-n2c3ccccc3c3ccccc32)n1. The average Bonchev–Trinajstić information content (AvgIpc) is 3.44. The van der Waals surface area contributed by atoms with Gasteiger partial charge in [-0.1, -0.05) is 72.7 Å². The van der Waals surface area contributed by atoms with Gasteiger partial charge in [0.2, 0.25) is 17.2 Å². The molecule has 0 bridgehead atoms. The van der Waals surface area contributed by atoms with E-state index in [4.69, 9.17) is 22.1 Å². The Morgan fingerprint density at radius 1 is 0.545 bits per heavy atom. The van der Waals surface area contributed by atoms with E-state index in [0.717, 1.165) is 21.8 Å². The molecule has 0 aliphatic heterocycles. The molecule has 6 heteroatoms. The van der Waals surface area contributed by atoms with Gasteiger partial charge in [0.1, 0.15) is 0 Å². The highest BCUT2D eigenvalue weighted by atomic mass is 35.5. The van der Waals surface area contributed by atoms with Crippen molar-refractivity contribution >= 4 is 55.2 Å². The zero-order valence-corrected chi connectivity index (χ0v) is 17.8. The van der Waals surface area contributed by atoms with Gasteiger partial charge in [-0.25, -0.2) is 0 Å². The van der Waals surface area contributed by atoms with Crippen molar-refractivity contribution in [3.8, 4) is 11.9 Å². The summed E-state index contributed by atoms with van der Waals surface area (Å²) in [5.74, 6) is 0.465. The number of rotatable bonds is 2. The van der Waals surface area contributed by atoms with Crippen LogP contribution in [-0.4, -0.2) is 24.1 Å². The molecule has 3 aromatic heterocycles. The molecule has 3 heterocycles. The minimum absolute atomic E-state index is 0.0337. The lowest BCUT2D eigenvalue weighted by Crippen LogP contribution is -2.08. The lowest BCUT2D eigenvalue weighted by atomic mass is 10.2. The molecule has 0 spiro atoms. The van der Waals surface area contributed by atoms with Crippen molar-refractivity contribution in [1.82, 2.24) is 24.1 Å². The summed E-state index contributed by atoms with van der Waals surface area (Å²) in [6.45, 7) is 0. The zero-order chi connectivity index (χ0) is 25.4. The maximum Gasteiger partial charge on any atom is 0.240 e. The molecule has 0 saturated heterocycles. The Hall–Kier alpha value is -4.22. The Bertz CT molecular complexity index is 2010. The van der Waals surface area contributed by atoms with Crippen molar-refractivity contribution in [2.45, 2.75) is 0 Å². The third-order valence-corrected chi connectivity index (χ3v) is 6.04. The summed E-state index contributed by atoms with van der Waals surface area (Å²) in [5.41, 5.74) is 2.73. The third-order valence-electron chi connectivity index (χ3n) is 5.87. The second-order valence-corrected chi connectivity index (χ2v) is 7.99. The van der Waals surface area contributed by atoms with Crippen LogP contribution in [0.5, 0.6) is 0 Å². The number of halogens is 1. The highest BCUT2D eigenvalue weighted by Gasteiger charge is 2.18. The number of para-hydroxylation sites is 4. The minimum Gasteiger partial charge on any atom is -0.278 e.